The minimum absolute atomic E-state index is 0.144. The molecule has 0 saturated carbocycles. The second-order valence-corrected chi connectivity index (χ2v) is 10.3. The molecule has 8 nitrogen and oxygen atoms in total. The van der Waals surface area contributed by atoms with Gasteiger partial charge in [0.1, 0.15) is 30.7 Å². The van der Waals surface area contributed by atoms with E-state index >= 15 is 0 Å². The Labute approximate surface area is 246 Å². The molecule has 3 rings (SSSR count). The third kappa shape index (κ3) is 8.77. The number of aliphatic hydroxyl groups excluding tert-OH is 2. The van der Waals surface area contributed by atoms with E-state index in [0.717, 1.165) is 12.8 Å². The van der Waals surface area contributed by atoms with Gasteiger partial charge in [0, 0.05) is 6.07 Å². The van der Waals surface area contributed by atoms with Crippen LogP contribution >= 0.6 is 0 Å². The molecule has 0 aliphatic rings. The van der Waals surface area contributed by atoms with Gasteiger partial charge in [0.05, 0.1) is 29.7 Å². The molecular weight excluding hydrogens is 536 g/mol. The first-order chi connectivity index (χ1) is 20.2. The Bertz CT molecular complexity index is 1540. The molecule has 0 spiro atoms. The lowest BCUT2D eigenvalue weighted by Crippen LogP contribution is -2.44. The normalized spacial score (nSPS) is 13.7. The summed E-state index contributed by atoms with van der Waals surface area (Å²) >= 11 is 0. The molecule has 224 valence electrons. The van der Waals surface area contributed by atoms with Crippen molar-refractivity contribution in [1.82, 2.24) is 0 Å². The van der Waals surface area contributed by atoms with Crippen LogP contribution in [0.25, 0.3) is 21.9 Å². The van der Waals surface area contributed by atoms with Gasteiger partial charge >= 0.3 is 5.63 Å². The lowest BCUT2D eigenvalue weighted by Gasteiger charge is -2.32. The molecule has 0 radical (unpaired) electrons. The van der Waals surface area contributed by atoms with E-state index < -0.39 is 29.5 Å². The first-order valence-corrected chi connectivity index (χ1v) is 14.2. The Balaban J connectivity index is 1.63. The van der Waals surface area contributed by atoms with Crippen LogP contribution in [0.3, 0.4) is 0 Å². The highest BCUT2D eigenvalue weighted by molar-refractivity contribution is 6.06. The maximum absolute atomic E-state index is 12.0. The Hall–Kier alpha value is -3.95. The molecular formula is C34H40O8. The van der Waals surface area contributed by atoms with Crippen LogP contribution in [0.2, 0.25) is 0 Å². The number of aliphatic hydroxyl groups is 2. The number of methoxy groups -OCH3 is 1. The van der Waals surface area contributed by atoms with Gasteiger partial charge in [-0.15, -0.1) is 0 Å². The van der Waals surface area contributed by atoms with E-state index in [9.17, 15) is 15.0 Å². The summed E-state index contributed by atoms with van der Waals surface area (Å²) in [7, 11) is 1.51. The molecule has 0 aliphatic carbocycles. The first-order valence-electron chi connectivity index (χ1n) is 14.2. The van der Waals surface area contributed by atoms with Crippen LogP contribution in [0.15, 0.2) is 62.9 Å². The average Bonchev–Trinajstić information content (AvgIpc) is 3.45. The molecule has 3 unspecified atom stereocenters. The predicted molar refractivity (Wildman–Crippen MR) is 164 cm³/mol. The summed E-state index contributed by atoms with van der Waals surface area (Å²) in [5, 5.41) is 22.2. The van der Waals surface area contributed by atoms with E-state index in [2.05, 4.69) is 37.2 Å². The number of furan rings is 1. The molecule has 3 atom stereocenters. The zero-order valence-corrected chi connectivity index (χ0v) is 24.8. The van der Waals surface area contributed by atoms with Crippen molar-refractivity contribution in [3.63, 3.8) is 0 Å². The lowest BCUT2D eigenvalue weighted by molar-refractivity contribution is -0.118. The highest BCUT2D eigenvalue weighted by Crippen LogP contribution is 2.42. The molecule has 2 N–H and O–H groups in total. The molecule has 3 aromatic rings. The van der Waals surface area contributed by atoms with Gasteiger partial charge in [-0.25, -0.2) is 4.79 Å². The van der Waals surface area contributed by atoms with Gasteiger partial charge in [-0.05, 0) is 56.7 Å². The molecule has 0 aliphatic heterocycles. The molecule has 0 bridgehead atoms. The third-order valence-electron chi connectivity index (χ3n) is 6.73. The van der Waals surface area contributed by atoms with Crippen LogP contribution in [0.1, 0.15) is 59.3 Å². The smallest absolute Gasteiger partial charge is 0.336 e. The van der Waals surface area contributed by atoms with Crippen molar-refractivity contribution in [3.8, 4) is 35.2 Å². The Morgan fingerprint density at radius 2 is 1.76 bits per heavy atom. The number of allylic oxidation sites excluding steroid dienone is 1. The summed E-state index contributed by atoms with van der Waals surface area (Å²) in [4.78, 5) is 12.0. The number of hydrogen-bond acceptors (Lipinski definition) is 8. The monoisotopic (exact) mass is 576 g/mol. The number of benzene rings is 1. The molecule has 0 saturated heterocycles. The molecule has 2 heterocycles. The van der Waals surface area contributed by atoms with Crippen LogP contribution in [-0.2, 0) is 4.74 Å². The van der Waals surface area contributed by atoms with E-state index in [1.165, 1.54) is 51.2 Å². The molecule has 1 aromatic carbocycles. The minimum atomic E-state index is -1.13. The fraction of sp³-hybridized carbons (Fsp3) is 0.441. The van der Waals surface area contributed by atoms with Gasteiger partial charge in [0.2, 0.25) is 5.75 Å². The highest BCUT2D eigenvalue weighted by Gasteiger charge is 2.32. The molecule has 0 amide bonds. The van der Waals surface area contributed by atoms with Crippen molar-refractivity contribution in [3.05, 3.63) is 59.7 Å². The zero-order valence-electron chi connectivity index (χ0n) is 24.8. The van der Waals surface area contributed by atoms with E-state index in [4.69, 9.17) is 23.0 Å². The molecule has 42 heavy (non-hydrogen) atoms. The topological polar surface area (TPSA) is 112 Å². The summed E-state index contributed by atoms with van der Waals surface area (Å²) in [5.41, 5.74) is -1.23. The summed E-state index contributed by atoms with van der Waals surface area (Å²) in [6.45, 7) is 9.12. The summed E-state index contributed by atoms with van der Waals surface area (Å²) in [5.74, 6) is 11.5. The maximum Gasteiger partial charge on any atom is 0.336 e. The van der Waals surface area contributed by atoms with Gasteiger partial charge in [-0.3, -0.25) is 0 Å². The SMILES string of the molecule is C=CC(C#CC#CC(O)C=CCCCCCCC)OC(C)(C)C(O)COc1c2occc2c(OC)c2ccc(=O)oc12. The Morgan fingerprint density at radius 1 is 1.02 bits per heavy atom. The fourth-order valence-corrected chi connectivity index (χ4v) is 4.29. The second kappa shape index (κ2) is 15.9. The minimum Gasteiger partial charge on any atom is -0.495 e. The number of unbranched alkanes of at least 4 members (excludes halogenated alkanes) is 5. The number of ether oxygens (including phenoxy) is 3. The molecule has 0 fully saturated rings. The Kier molecular flexibility index (Phi) is 12.3. The van der Waals surface area contributed by atoms with Crippen molar-refractivity contribution in [2.45, 2.75) is 83.2 Å². The van der Waals surface area contributed by atoms with Crippen LogP contribution in [-0.4, -0.2) is 47.8 Å². The predicted octanol–water partition coefficient (Wildman–Crippen LogP) is 5.92. The van der Waals surface area contributed by atoms with Gasteiger partial charge in [-0.2, -0.15) is 0 Å². The van der Waals surface area contributed by atoms with Crippen LogP contribution in [0.5, 0.6) is 11.5 Å². The van der Waals surface area contributed by atoms with Gasteiger partial charge < -0.3 is 33.3 Å². The van der Waals surface area contributed by atoms with Gasteiger partial charge in [-0.1, -0.05) is 63.2 Å². The van der Waals surface area contributed by atoms with Crippen LogP contribution < -0.4 is 15.1 Å². The lowest BCUT2D eigenvalue weighted by atomic mass is 10.0. The van der Waals surface area contributed by atoms with Crippen molar-refractivity contribution in [2.75, 3.05) is 13.7 Å². The Morgan fingerprint density at radius 3 is 2.50 bits per heavy atom. The van der Waals surface area contributed by atoms with Crippen molar-refractivity contribution in [1.29, 1.82) is 0 Å². The average molecular weight is 577 g/mol. The van der Waals surface area contributed by atoms with E-state index in [-0.39, 0.29) is 17.9 Å². The standard InChI is InChI=1S/C34H40O8/c1-6-8-9-10-11-12-13-16-24(35)17-14-15-18-25(7-2)42-34(3,4)28(36)23-40-33-31-27(21-22-39-31)30(38-5)26-19-20-29(37)41-32(26)33/h7,13,16,19-22,24-25,28,35-36H,2,6,8-12,23H2,1,3-5H3. The molecule has 2 aromatic heterocycles. The third-order valence-corrected chi connectivity index (χ3v) is 6.73. The fourth-order valence-electron chi connectivity index (χ4n) is 4.29. The second-order valence-electron chi connectivity index (χ2n) is 10.3. The number of rotatable bonds is 15. The first kappa shape index (κ1) is 32.6. The van der Waals surface area contributed by atoms with Crippen LogP contribution in [0, 0.1) is 23.7 Å². The van der Waals surface area contributed by atoms with Crippen molar-refractivity contribution >= 4 is 21.9 Å². The van der Waals surface area contributed by atoms with Gasteiger partial charge in [0.15, 0.2) is 11.2 Å². The highest BCUT2D eigenvalue weighted by atomic mass is 16.5. The summed E-state index contributed by atoms with van der Waals surface area (Å²) < 4.78 is 28.5. The zero-order chi connectivity index (χ0) is 30.5. The van der Waals surface area contributed by atoms with Crippen molar-refractivity contribution in [2.24, 2.45) is 0 Å². The number of hydrogen-bond donors (Lipinski definition) is 2. The van der Waals surface area contributed by atoms with E-state index in [0.29, 0.717) is 22.1 Å². The van der Waals surface area contributed by atoms with Crippen LogP contribution in [0.4, 0.5) is 0 Å². The van der Waals surface area contributed by atoms with E-state index in [1.807, 2.05) is 6.08 Å². The summed E-state index contributed by atoms with van der Waals surface area (Å²) in [6.07, 6.45) is 10.7. The van der Waals surface area contributed by atoms with E-state index in [1.54, 1.807) is 32.1 Å². The number of fused-ring (bicyclic) bond motifs is 2. The molecule has 8 heteroatoms. The maximum atomic E-state index is 12.0. The van der Waals surface area contributed by atoms with Gasteiger partial charge in [0.25, 0.3) is 0 Å². The largest absolute Gasteiger partial charge is 0.495 e. The van der Waals surface area contributed by atoms with Crippen molar-refractivity contribution < 1.29 is 33.3 Å². The quantitative estimate of drug-likeness (QED) is 0.0993. The summed E-state index contributed by atoms with van der Waals surface area (Å²) in [6, 6.07) is 4.60.